The van der Waals surface area contributed by atoms with Gasteiger partial charge in [0.05, 0.1) is 0 Å². The zero-order chi connectivity index (χ0) is 14.9. The van der Waals surface area contributed by atoms with E-state index in [1.54, 1.807) is 8.61 Å². The van der Waals surface area contributed by atoms with Crippen LogP contribution in [0, 0.1) is 5.92 Å². The van der Waals surface area contributed by atoms with Gasteiger partial charge in [-0.25, -0.2) is 0 Å². The molecule has 1 aliphatic carbocycles. The third-order valence-corrected chi connectivity index (χ3v) is 6.97. The Morgan fingerprint density at radius 3 is 2.33 bits per heavy atom. The molecular formula is C14H28N4O2S. The molecule has 3 rings (SSSR count). The number of rotatable bonds is 5. The zero-order valence-electron chi connectivity index (χ0n) is 13.0. The molecule has 0 bridgehead atoms. The van der Waals surface area contributed by atoms with Crippen molar-refractivity contribution in [1.82, 2.24) is 18.8 Å². The first-order valence-corrected chi connectivity index (χ1v) is 9.65. The van der Waals surface area contributed by atoms with Crippen LogP contribution >= 0.6 is 0 Å². The van der Waals surface area contributed by atoms with Crippen LogP contribution in [0.25, 0.3) is 0 Å². The molecule has 0 radical (unpaired) electrons. The minimum atomic E-state index is -3.25. The summed E-state index contributed by atoms with van der Waals surface area (Å²) in [6, 6.07) is 0.741. The zero-order valence-corrected chi connectivity index (χ0v) is 13.8. The Morgan fingerprint density at radius 2 is 1.71 bits per heavy atom. The molecule has 1 unspecified atom stereocenters. The minimum absolute atomic E-state index is 0.450. The van der Waals surface area contributed by atoms with E-state index in [2.05, 4.69) is 10.2 Å². The Morgan fingerprint density at radius 1 is 1.00 bits per heavy atom. The fourth-order valence-corrected chi connectivity index (χ4v) is 5.30. The lowest BCUT2D eigenvalue weighted by atomic mass is 10.00. The van der Waals surface area contributed by atoms with Gasteiger partial charge in [-0.2, -0.15) is 17.0 Å². The molecule has 6 nitrogen and oxygen atoms in total. The van der Waals surface area contributed by atoms with Crippen molar-refractivity contribution in [3.63, 3.8) is 0 Å². The number of piperidine rings is 1. The highest BCUT2D eigenvalue weighted by Gasteiger charge is 2.37. The summed E-state index contributed by atoms with van der Waals surface area (Å²) in [5, 5.41) is 3.17. The number of nitrogens with zero attached hydrogens (tertiary/aromatic N) is 3. The van der Waals surface area contributed by atoms with Gasteiger partial charge in [0.25, 0.3) is 10.2 Å². The molecule has 0 amide bonds. The van der Waals surface area contributed by atoms with E-state index in [-0.39, 0.29) is 0 Å². The molecule has 0 spiro atoms. The number of hydrogen-bond acceptors (Lipinski definition) is 4. The Bertz CT molecular complexity index is 442. The van der Waals surface area contributed by atoms with E-state index in [1.165, 1.54) is 12.8 Å². The lowest BCUT2D eigenvalue weighted by Gasteiger charge is -2.39. The van der Waals surface area contributed by atoms with Crippen molar-refractivity contribution in [2.24, 2.45) is 5.92 Å². The molecular weight excluding hydrogens is 288 g/mol. The van der Waals surface area contributed by atoms with Gasteiger partial charge in [0.15, 0.2) is 0 Å². The van der Waals surface area contributed by atoms with Crippen molar-refractivity contribution in [1.29, 1.82) is 0 Å². The van der Waals surface area contributed by atoms with Crippen LogP contribution in [0.2, 0.25) is 0 Å². The quantitative estimate of drug-likeness (QED) is 0.772. The summed E-state index contributed by atoms with van der Waals surface area (Å²) in [5.74, 6) is 0.450. The van der Waals surface area contributed by atoms with Crippen LogP contribution in [0.1, 0.15) is 25.7 Å². The molecule has 2 aliphatic heterocycles. The summed E-state index contributed by atoms with van der Waals surface area (Å²) in [4.78, 5) is 2.45. The first-order valence-electron chi connectivity index (χ1n) is 8.25. The second kappa shape index (κ2) is 6.50. The van der Waals surface area contributed by atoms with Crippen LogP contribution in [-0.2, 0) is 10.2 Å². The molecule has 2 saturated heterocycles. The molecule has 0 aromatic rings. The molecule has 0 aromatic carbocycles. The summed E-state index contributed by atoms with van der Waals surface area (Å²) in [7, 11) is -1.32. The van der Waals surface area contributed by atoms with Gasteiger partial charge in [0, 0.05) is 45.3 Å². The van der Waals surface area contributed by atoms with Gasteiger partial charge in [-0.1, -0.05) is 0 Å². The smallest absolute Gasteiger partial charge is 0.282 e. The molecule has 2 heterocycles. The summed E-state index contributed by atoms with van der Waals surface area (Å²) >= 11 is 0. The number of nitrogens with one attached hydrogen (secondary N) is 1. The van der Waals surface area contributed by atoms with Crippen molar-refractivity contribution in [2.75, 3.05) is 52.9 Å². The van der Waals surface area contributed by atoms with Crippen LogP contribution in [0.4, 0.5) is 0 Å². The fourth-order valence-electron chi connectivity index (χ4n) is 3.59. The van der Waals surface area contributed by atoms with Crippen LogP contribution in [0.15, 0.2) is 0 Å². The van der Waals surface area contributed by atoms with E-state index in [1.807, 2.05) is 7.05 Å². The topological polar surface area (TPSA) is 55.9 Å². The standard InChI is InChI=1S/C14H28N4O2S/c1-15-11-13-3-2-6-18(12-13)21(19,20)17-9-7-16(8-10-17)14-4-5-14/h13-15H,2-12H2,1H3. The Kier molecular flexibility index (Phi) is 4.85. The third-order valence-electron chi connectivity index (χ3n) is 4.96. The average Bonchev–Trinajstić information content (AvgIpc) is 3.33. The van der Waals surface area contributed by atoms with Gasteiger partial charge >= 0.3 is 0 Å². The van der Waals surface area contributed by atoms with Gasteiger partial charge in [-0.15, -0.1) is 0 Å². The third kappa shape index (κ3) is 3.59. The van der Waals surface area contributed by atoms with E-state index < -0.39 is 10.2 Å². The molecule has 1 saturated carbocycles. The van der Waals surface area contributed by atoms with E-state index in [0.29, 0.717) is 32.1 Å². The van der Waals surface area contributed by atoms with Gasteiger partial charge in [-0.3, -0.25) is 4.90 Å². The normalized spacial score (nSPS) is 30.6. The molecule has 3 aliphatic rings. The summed E-state index contributed by atoms with van der Waals surface area (Å²) in [6.45, 7) is 5.38. The van der Waals surface area contributed by atoms with E-state index >= 15 is 0 Å². The first-order chi connectivity index (χ1) is 10.1. The fraction of sp³-hybridized carbons (Fsp3) is 1.00. The van der Waals surface area contributed by atoms with Gasteiger partial charge in [0.2, 0.25) is 0 Å². The maximum Gasteiger partial charge on any atom is 0.282 e. The Labute approximate surface area is 128 Å². The molecule has 122 valence electrons. The van der Waals surface area contributed by atoms with E-state index in [0.717, 1.165) is 38.5 Å². The summed E-state index contributed by atoms with van der Waals surface area (Å²) < 4.78 is 29.0. The van der Waals surface area contributed by atoms with Crippen molar-refractivity contribution >= 4 is 10.2 Å². The maximum atomic E-state index is 12.8. The first kappa shape index (κ1) is 15.7. The minimum Gasteiger partial charge on any atom is -0.319 e. The lowest BCUT2D eigenvalue weighted by Crippen LogP contribution is -2.55. The van der Waals surface area contributed by atoms with Crippen molar-refractivity contribution in [3.05, 3.63) is 0 Å². The summed E-state index contributed by atoms with van der Waals surface area (Å²) in [5.41, 5.74) is 0. The highest BCUT2D eigenvalue weighted by molar-refractivity contribution is 7.86. The molecule has 3 fully saturated rings. The maximum absolute atomic E-state index is 12.8. The van der Waals surface area contributed by atoms with Crippen LogP contribution in [-0.4, -0.2) is 80.8 Å². The highest BCUT2D eigenvalue weighted by Crippen LogP contribution is 2.28. The average molecular weight is 316 g/mol. The molecule has 1 atom stereocenters. The van der Waals surface area contributed by atoms with Gasteiger partial charge in [0.1, 0.15) is 0 Å². The Hall–Kier alpha value is -0.210. The predicted octanol–water partition coefficient (Wildman–Crippen LogP) is -0.0574. The SMILES string of the molecule is CNCC1CCCN(S(=O)(=O)N2CCN(C3CC3)CC2)C1. The molecule has 7 heteroatoms. The number of piperazine rings is 1. The highest BCUT2D eigenvalue weighted by atomic mass is 32.2. The van der Waals surface area contributed by atoms with E-state index in [9.17, 15) is 8.42 Å². The van der Waals surface area contributed by atoms with Gasteiger partial charge < -0.3 is 5.32 Å². The van der Waals surface area contributed by atoms with Gasteiger partial charge in [-0.05, 0) is 45.2 Å². The largest absolute Gasteiger partial charge is 0.319 e. The molecule has 1 N–H and O–H groups in total. The van der Waals surface area contributed by atoms with Crippen LogP contribution in [0.5, 0.6) is 0 Å². The van der Waals surface area contributed by atoms with Crippen LogP contribution in [0.3, 0.4) is 0 Å². The number of hydrogen-bond donors (Lipinski definition) is 1. The molecule has 0 aromatic heterocycles. The predicted molar refractivity (Wildman–Crippen MR) is 83.3 cm³/mol. The van der Waals surface area contributed by atoms with Crippen molar-refractivity contribution < 1.29 is 8.42 Å². The Balaban J connectivity index is 1.58. The second-order valence-corrected chi connectivity index (χ2v) is 8.53. The van der Waals surface area contributed by atoms with E-state index in [4.69, 9.17) is 0 Å². The molecule has 21 heavy (non-hydrogen) atoms. The lowest BCUT2D eigenvalue weighted by molar-refractivity contribution is 0.167. The van der Waals surface area contributed by atoms with Crippen LogP contribution < -0.4 is 5.32 Å². The summed E-state index contributed by atoms with van der Waals surface area (Å²) in [6.07, 6.45) is 4.70. The van der Waals surface area contributed by atoms with Crippen molar-refractivity contribution in [3.8, 4) is 0 Å². The van der Waals surface area contributed by atoms with Crippen molar-refractivity contribution in [2.45, 2.75) is 31.7 Å². The monoisotopic (exact) mass is 316 g/mol. The second-order valence-electron chi connectivity index (χ2n) is 6.60.